The van der Waals surface area contributed by atoms with Crippen LogP contribution in [0.1, 0.15) is 35.4 Å². The van der Waals surface area contributed by atoms with Crippen LogP contribution in [-0.4, -0.2) is 29.5 Å². The Kier molecular flexibility index (Phi) is 4.94. The SMILES string of the molecule is Cc1cc(C)n(-c2cc(Nc3c(C)c(-c4ccc(C#N)cc4)nn3CC3CC3)ncn2)n1. The molecule has 0 saturated heterocycles. The van der Waals surface area contributed by atoms with Crippen LogP contribution in [0.5, 0.6) is 0 Å². The average Bonchev–Trinajstić information content (AvgIpc) is 3.48. The largest absolute Gasteiger partial charge is 0.325 e. The third-order valence-corrected chi connectivity index (χ3v) is 5.73. The van der Waals surface area contributed by atoms with Crippen LogP contribution in [-0.2, 0) is 6.54 Å². The molecule has 0 unspecified atom stereocenters. The van der Waals surface area contributed by atoms with Gasteiger partial charge in [0.1, 0.15) is 18.0 Å². The van der Waals surface area contributed by atoms with Gasteiger partial charge in [0.2, 0.25) is 0 Å². The summed E-state index contributed by atoms with van der Waals surface area (Å²) in [6.07, 6.45) is 4.02. The van der Waals surface area contributed by atoms with Crippen LogP contribution in [0, 0.1) is 38.0 Å². The first kappa shape index (κ1) is 19.9. The van der Waals surface area contributed by atoms with E-state index in [9.17, 15) is 0 Å². The molecule has 1 aromatic carbocycles. The molecule has 4 aromatic rings. The van der Waals surface area contributed by atoms with E-state index >= 15 is 0 Å². The maximum Gasteiger partial charge on any atom is 0.159 e. The lowest BCUT2D eigenvalue weighted by molar-refractivity contribution is 0.571. The van der Waals surface area contributed by atoms with Crippen molar-refractivity contribution >= 4 is 11.6 Å². The number of benzene rings is 1. The first-order valence-corrected chi connectivity index (χ1v) is 10.7. The van der Waals surface area contributed by atoms with Crippen molar-refractivity contribution in [3.63, 3.8) is 0 Å². The minimum Gasteiger partial charge on any atom is -0.325 e. The monoisotopic (exact) mass is 424 g/mol. The summed E-state index contributed by atoms with van der Waals surface area (Å²) in [6.45, 7) is 6.91. The molecular formula is C24H24N8. The van der Waals surface area contributed by atoms with Crippen LogP contribution in [0.4, 0.5) is 11.6 Å². The molecule has 3 heterocycles. The fraction of sp³-hybridized carbons (Fsp3) is 0.292. The summed E-state index contributed by atoms with van der Waals surface area (Å²) in [5.74, 6) is 2.99. The van der Waals surface area contributed by atoms with Crippen molar-refractivity contribution in [2.75, 3.05) is 5.32 Å². The third-order valence-electron chi connectivity index (χ3n) is 5.73. The Morgan fingerprint density at radius 1 is 1.06 bits per heavy atom. The molecule has 0 bridgehead atoms. The van der Waals surface area contributed by atoms with Crippen LogP contribution in [0.3, 0.4) is 0 Å². The smallest absolute Gasteiger partial charge is 0.159 e. The van der Waals surface area contributed by atoms with E-state index in [4.69, 9.17) is 10.4 Å². The lowest BCUT2D eigenvalue weighted by atomic mass is 10.1. The van der Waals surface area contributed by atoms with Crippen molar-refractivity contribution in [3.8, 4) is 23.1 Å². The zero-order valence-corrected chi connectivity index (χ0v) is 18.4. The summed E-state index contributed by atoms with van der Waals surface area (Å²) in [6, 6.07) is 13.6. The molecule has 1 fully saturated rings. The second-order valence-corrected chi connectivity index (χ2v) is 8.36. The maximum absolute atomic E-state index is 9.10. The van der Waals surface area contributed by atoms with Gasteiger partial charge in [-0.25, -0.2) is 19.3 Å². The van der Waals surface area contributed by atoms with Crippen LogP contribution in [0.15, 0.2) is 42.7 Å². The van der Waals surface area contributed by atoms with E-state index in [1.807, 2.05) is 59.6 Å². The lowest BCUT2D eigenvalue weighted by Crippen LogP contribution is -2.09. The number of nitriles is 1. The molecular weight excluding hydrogens is 400 g/mol. The van der Waals surface area contributed by atoms with Gasteiger partial charge in [-0.3, -0.25) is 0 Å². The topological polar surface area (TPSA) is 97.2 Å². The molecule has 8 nitrogen and oxygen atoms in total. The van der Waals surface area contributed by atoms with Gasteiger partial charge in [-0.05, 0) is 57.7 Å². The van der Waals surface area contributed by atoms with E-state index in [1.165, 1.54) is 12.8 Å². The molecule has 8 heteroatoms. The quantitative estimate of drug-likeness (QED) is 0.490. The first-order chi connectivity index (χ1) is 15.5. The number of rotatable bonds is 6. The molecule has 1 aliphatic carbocycles. The second kappa shape index (κ2) is 7.93. The van der Waals surface area contributed by atoms with Crippen molar-refractivity contribution in [3.05, 3.63) is 65.2 Å². The Balaban J connectivity index is 1.51. The summed E-state index contributed by atoms with van der Waals surface area (Å²) in [4.78, 5) is 8.84. The van der Waals surface area contributed by atoms with Gasteiger partial charge in [0.05, 0.1) is 23.0 Å². The molecule has 0 radical (unpaired) electrons. The van der Waals surface area contributed by atoms with Gasteiger partial charge in [-0.2, -0.15) is 15.5 Å². The predicted octanol–water partition coefficient (Wildman–Crippen LogP) is 4.48. The number of aryl methyl sites for hydroxylation is 2. The van der Waals surface area contributed by atoms with Gasteiger partial charge >= 0.3 is 0 Å². The molecule has 1 saturated carbocycles. The van der Waals surface area contributed by atoms with Gasteiger partial charge < -0.3 is 5.32 Å². The van der Waals surface area contributed by atoms with E-state index in [0.717, 1.165) is 40.6 Å². The summed E-state index contributed by atoms with van der Waals surface area (Å²) in [5, 5.41) is 22.0. The number of aromatic nitrogens is 6. The average molecular weight is 425 g/mol. The van der Waals surface area contributed by atoms with Gasteiger partial charge in [0.25, 0.3) is 0 Å². The number of hydrogen-bond acceptors (Lipinski definition) is 6. The summed E-state index contributed by atoms with van der Waals surface area (Å²) < 4.78 is 3.87. The highest BCUT2D eigenvalue weighted by Gasteiger charge is 2.25. The first-order valence-electron chi connectivity index (χ1n) is 10.7. The molecule has 0 amide bonds. The highest BCUT2D eigenvalue weighted by atomic mass is 15.4. The summed E-state index contributed by atoms with van der Waals surface area (Å²) >= 11 is 0. The van der Waals surface area contributed by atoms with Crippen molar-refractivity contribution in [2.45, 2.75) is 40.2 Å². The third kappa shape index (κ3) is 3.85. The lowest BCUT2D eigenvalue weighted by Gasteiger charge is -2.11. The van der Waals surface area contributed by atoms with E-state index in [2.05, 4.69) is 33.4 Å². The maximum atomic E-state index is 9.10. The van der Waals surface area contributed by atoms with Crippen LogP contribution >= 0.6 is 0 Å². The molecule has 0 atom stereocenters. The molecule has 32 heavy (non-hydrogen) atoms. The Labute approximate surface area is 186 Å². The zero-order chi connectivity index (χ0) is 22.2. The molecule has 0 spiro atoms. The van der Waals surface area contributed by atoms with Gasteiger partial charge in [-0.15, -0.1) is 0 Å². The molecule has 0 aliphatic heterocycles. The van der Waals surface area contributed by atoms with Crippen molar-refractivity contribution in [1.29, 1.82) is 5.26 Å². The fourth-order valence-electron chi connectivity index (χ4n) is 3.88. The standard InChI is InChI=1S/C24H24N8/c1-15-10-16(2)32(29-15)22-11-21(26-14-27-22)28-24-17(3)23(30-31(24)13-19-4-5-19)20-8-6-18(12-25)7-9-20/h6-11,14,19H,4-5,13H2,1-3H3,(H,26,27,28). The molecule has 5 rings (SSSR count). The van der Waals surface area contributed by atoms with Crippen LogP contribution in [0.25, 0.3) is 17.1 Å². The Morgan fingerprint density at radius 2 is 1.84 bits per heavy atom. The minimum atomic E-state index is 0.639. The van der Waals surface area contributed by atoms with Gasteiger partial charge in [0.15, 0.2) is 5.82 Å². The Bertz CT molecular complexity index is 1320. The molecule has 1 aliphatic rings. The minimum absolute atomic E-state index is 0.639. The van der Waals surface area contributed by atoms with Crippen LogP contribution < -0.4 is 5.32 Å². The highest BCUT2D eigenvalue weighted by Crippen LogP contribution is 2.35. The molecule has 1 N–H and O–H groups in total. The van der Waals surface area contributed by atoms with Crippen molar-refractivity contribution in [1.82, 2.24) is 29.5 Å². The number of nitrogens with one attached hydrogen (secondary N) is 1. The summed E-state index contributed by atoms with van der Waals surface area (Å²) in [5.41, 5.74) is 5.54. The zero-order valence-electron chi connectivity index (χ0n) is 18.4. The van der Waals surface area contributed by atoms with E-state index < -0.39 is 0 Å². The molecule has 160 valence electrons. The number of anilines is 2. The Morgan fingerprint density at radius 3 is 2.50 bits per heavy atom. The normalized spacial score (nSPS) is 13.2. The Hall–Kier alpha value is -3.99. The van der Waals surface area contributed by atoms with E-state index in [1.54, 1.807) is 6.33 Å². The second-order valence-electron chi connectivity index (χ2n) is 8.36. The van der Waals surface area contributed by atoms with Crippen molar-refractivity contribution < 1.29 is 0 Å². The van der Waals surface area contributed by atoms with Crippen molar-refractivity contribution in [2.24, 2.45) is 5.92 Å². The highest BCUT2D eigenvalue weighted by molar-refractivity contribution is 5.71. The number of nitrogens with zero attached hydrogens (tertiary/aromatic N) is 7. The summed E-state index contributed by atoms with van der Waals surface area (Å²) in [7, 11) is 0. The van der Waals surface area contributed by atoms with E-state index in [0.29, 0.717) is 23.1 Å². The fourth-order valence-corrected chi connectivity index (χ4v) is 3.88. The molecule has 3 aromatic heterocycles. The van der Waals surface area contributed by atoms with Gasteiger partial charge in [0, 0.05) is 29.4 Å². The van der Waals surface area contributed by atoms with Crippen LogP contribution in [0.2, 0.25) is 0 Å². The van der Waals surface area contributed by atoms with E-state index in [-0.39, 0.29) is 0 Å². The predicted molar refractivity (Wildman–Crippen MR) is 122 cm³/mol. The van der Waals surface area contributed by atoms with Gasteiger partial charge in [-0.1, -0.05) is 12.1 Å². The number of hydrogen-bond donors (Lipinski definition) is 1.